The second-order valence-electron chi connectivity index (χ2n) is 27.1. The van der Waals surface area contributed by atoms with Crippen LogP contribution in [-0.4, -0.2) is 146 Å². The fourth-order valence-corrected chi connectivity index (χ4v) is 18.4. The molecule has 12 aromatic rings. The fraction of sp³-hybridized carbons (Fsp3) is 0.364. The van der Waals surface area contributed by atoms with Gasteiger partial charge in [0, 0.05) is 105 Å². The molecule has 0 aliphatic carbocycles. The zero-order chi connectivity index (χ0) is 81.1. The minimum absolute atomic E-state index is 0. The number of aliphatic carboxylic acids is 1. The van der Waals surface area contributed by atoms with E-state index in [1.165, 1.54) is 69.7 Å². The highest BCUT2D eigenvalue weighted by Crippen LogP contribution is 2.36. The van der Waals surface area contributed by atoms with E-state index >= 15 is 0 Å². The number of methoxy groups -OCH3 is 3. The number of carbonyl (C=O) groups is 5. The van der Waals surface area contributed by atoms with Gasteiger partial charge in [0.25, 0.3) is 0 Å². The molecule has 4 fully saturated rings. The van der Waals surface area contributed by atoms with Crippen LogP contribution in [0.3, 0.4) is 0 Å². The number of pyridine rings is 2. The number of hydrogen-bond donors (Lipinski definition) is 2. The van der Waals surface area contributed by atoms with Crippen LogP contribution in [0.4, 0.5) is 11.6 Å². The number of carboxylic acids is 1. The van der Waals surface area contributed by atoms with Gasteiger partial charge in [-0.25, -0.2) is 34.9 Å². The summed E-state index contributed by atoms with van der Waals surface area (Å²) in [5, 5.41) is 29.7. The first-order valence-electron chi connectivity index (χ1n) is 38.0. The number of carboxylic acid groups (broad SMARTS) is 1. The van der Waals surface area contributed by atoms with E-state index in [1.807, 2.05) is 112 Å². The molecule has 4 saturated heterocycles. The molecule has 16 rings (SSSR count). The highest BCUT2D eigenvalue weighted by atomic mass is 79.9. The van der Waals surface area contributed by atoms with Crippen LogP contribution in [0.15, 0.2) is 160 Å². The maximum Gasteiger partial charge on any atom is 0.306 e. The summed E-state index contributed by atoms with van der Waals surface area (Å²) in [6.07, 6.45) is 24.3. The molecule has 4 aliphatic heterocycles. The predicted molar refractivity (Wildman–Crippen MR) is 469 cm³/mol. The highest BCUT2D eigenvalue weighted by molar-refractivity contribution is 9.10. The number of fused-ring (bicyclic) bond motifs is 9. The number of amides is 1. The number of terminal acetylenes is 1. The number of nitriles is 2. The first-order valence-corrected chi connectivity index (χ1v) is 43.2. The lowest BCUT2D eigenvalue weighted by Crippen LogP contribution is -2.55. The lowest BCUT2D eigenvalue weighted by Gasteiger charge is -2.41. The lowest BCUT2D eigenvalue weighted by molar-refractivity contribution is -0.141. The number of nitrogens with zero attached hydrogens (tertiary/aromatic N) is 12. The van der Waals surface area contributed by atoms with Gasteiger partial charge < -0.3 is 39.3 Å². The summed E-state index contributed by atoms with van der Waals surface area (Å²) in [6, 6.07) is 44.1. The Morgan fingerprint density at radius 3 is 1.33 bits per heavy atom. The van der Waals surface area contributed by atoms with Gasteiger partial charge in [-0.1, -0.05) is 67.8 Å². The second kappa shape index (κ2) is 47.4. The zero-order valence-corrected chi connectivity index (χ0v) is 70.0. The van der Waals surface area contributed by atoms with Crippen molar-refractivity contribution in [1.29, 1.82) is 10.5 Å². The van der Waals surface area contributed by atoms with Crippen LogP contribution < -0.4 is 15.1 Å². The number of unbranched alkanes of at least 4 members (excludes halogenated alkanes) is 3. The molecule has 0 radical (unpaired) electrons. The van der Waals surface area contributed by atoms with Crippen molar-refractivity contribution in [1.82, 2.24) is 45.1 Å². The number of rotatable bonds is 21. The summed E-state index contributed by atoms with van der Waals surface area (Å²) in [6.45, 7) is 3.66. The van der Waals surface area contributed by atoms with Gasteiger partial charge in [-0.05, 0) is 183 Å². The first kappa shape index (κ1) is 89.3. The summed E-state index contributed by atoms with van der Waals surface area (Å²) in [5.41, 5.74) is 20.7. The number of hydrogen-bond acceptors (Lipinski definition) is 25. The van der Waals surface area contributed by atoms with Crippen LogP contribution in [0.2, 0.25) is 0 Å². The average Bonchev–Trinajstić information content (AvgIpc) is 1.62. The maximum absolute atomic E-state index is 12.9. The Labute approximate surface area is 705 Å². The Morgan fingerprint density at radius 2 is 0.888 bits per heavy atom. The van der Waals surface area contributed by atoms with E-state index in [0.29, 0.717) is 73.8 Å². The number of likely N-dealkylation sites (tertiary alicyclic amines) is 1. The van der Waals surface area contributed by atoms with Gasteiger partial charge in [-0.3, -0.25) is 24.0 Å². The molecule has 116 heavy (non-hydrogen) atoms. The number of aryl methyl sites for hydroxylation is 3. The highest BCUT2D eigenvalue weighted by Gasteiger charge is 2.42. The number of carbonyl (C=O) groups excluding carboxylic acids is 4. The van der Waals surface area contributed by atoms with Crippen molar-refractivity contribution in [2.24, 2.45) is 0 Å². The van der Waals surface area contributed by atoms with E-state index in [1.54, 1.807) is 69.1 Å². The van der Waals surface area contributed by atoms with E-state index in [9.17, 15) is 24.0 Å². The number of piperazine rings is 2. The van der Waals surface area contributed by atoms with Crippen molar-refractivity contribution in [3.8, 4) is 36.3 Å². The standard InChI is InChI=1S/C24H25N5OS.C13H15NO2S.C13H11NO2S.C12H14N4.C12H13NO2S.C7H4BrNS.C6H8O2.CH4/c25-12-17-8-11-22(26-13-17)29-19-9-10-20(29)15-28(14-19)23(30)7-2-1-4-18-5-3-6-21-24(18)31-16-27-21;2*1-16-12(15)8-3-2-5-10-6-4-7-11-13(10)17-9-14-11;13-5-9-1-4-12(15-6-9)16-10-2-3-11(16)8-14-7-10;14-11(15)7-2-1-4-9-5-3-6-10-12(9)16-8-13-10;8-5-2-1-3-6-7(5)10-4-9-6;1-3-4-5-6(7)8-2;/h3,5-6,8,11,13,16,19-20H,1-2,4,7,9-10,14-15H2;4,6-7,9H,2-3,5,8H2,1H3;4,6-7,9H,3,8H2,1H3;1,4,6,10-11,14H,2-3,7-8H2;3,5-6,8H,1-2,4,7H2,(H,14,15);1-4H;1H,4-5H2,2H3;1H4. The Balaban J connectivity index is 0.000000160. The van der Waals surface area contributed by atoms with Crippen LogP contribution >= 0.6 is 72.6 Å². The number of anilines is 2. The normalized spacial score (nSPS) is 15.1. The monoisotopic (exact) mass is 1720 g/mol. The Bertz CT molecular complexity index is 5340. The molecule has 7 aromatic heterocycles. The van der Waals surface area contributed by atoms with Crippen LogP contribution in [0.25, 0.3) is 51.1 Å². The molecule has 4 atom stereocenters. The maximum atomic E-state index is 12.9. The summed E-state index contributed by atoms with van der Waals surface area (Å²) in [5.74, 6) is 9.29. The quantitative estimate of drug-likeness (QED) is 0.0292. The van der Waals surface area contributed by atoms with Gasteiger partial charge >= 0.3 is 23.9 Å². The Hall–Kier alpha value is -10.7. The van der Waals surface area contributed by atoms with Gasteiger partial charge in [-0.2, -0.15) is 10.5 Å². The summed E-state index contributed by atoms with van der Waals surface area (Å²) < 4.78 is 20.7. The van der Waals surface area contributed by atoms with E-state index in [0.717, 1.165) is 151 Å². The number of nitrogens with one attached hydrogen (secondary N) is 1. The fourth-order valence-electron chi connectivity index (χ4n) is 13.8. The van der Waals surface area contributed by atoms with Crippen LogP contribution in [0.5, 0.6) is 0 Å². The molecule has 22 nitrogen and oxygen atoms in total. The average molecular weight is 1720 g/mol. The molecule has 2 N–H and O–H groups in total. The molecule has 11 heterocycles. The Morgan fingerprint density at radius 1 is 0.491 bits per heavy atom. The van der Waals surface area contributed by atoms with Crippen molar-refractivity contribution < 1.29 is 43.3 Å². The summed E-state index contributed by atoms with van der Waals surface area (Å²) >= 11 is 11.7. The first-order chi connectivity index (χ1) is 56.2. The number of esters is 3. The van der Waals surface area contributed by atoms with Crippen LogP contribution in [0, 0.1) is 46.8 Å². The van der Waals surface area contributed by atoms with Gasteiger partial charge in [0.15, 0.2) is 0 Å². The smallest absolute Gasteiger partial charge is 0.306 e. The minimum Gasteiger partial charge on any atom is -0.481 e. The minimum atomic E-state index is -0.712. The molecule has 0 spiro atoms. The number of aromatic nitrogens is 7. The van der Waals surface area contributed by atoms with E-state index < -0.39 is 5.97 Å². The van der Waals surface area contributed by atoms with Crippen LogP contribution in [-0.2, 0) is 57.4 Å². The summed E-state index contributed by atoms with van der Waals surface area (Å²) in [7, 11) is 4.16. The van der Waals surface area contributed by atoms with E-state index in [-0.39, 0.29) is 37.7 Å². The molecule has 28 heteroatoms. The lowest BCUT2D eigenvalue weighted by atomic mass is 10.1. The third-order valence-electron chi connectivity index (χ3n) is 19.6. The van der Waals surface area contributed by atoms with Gasteiger partial charge in [0.2, 0.25) is 5.91 Å². The molecule has 5 aromatic carbocycles. The van der Waals surface area contributed by atoms with Gasteiger partial charge in [-0.15, -0.1) is 69.0 Å². The number of benzene rings is 5. The van der Waals surface area contributed by atoms with Crippen molar-refractivity contribution >= 4 is 165 Å². The molecule has 4 bridgehead atoms. The largest absolute Gasteiger partial charge is 0.481 e. The van der Waals surface area contributed by atoms with Gasteiger partial charge in [0.05, 0.1) is 124 Å². The number of thiazole rings is 5. The SMILES string of the molecule is Brc1cccc2ncsc12.C.C#CCCC(=O)OC.COC(=O)CCC#Cc1cccc2ncsc12.COC(=O)CCCCc1cccc2ncsc12.N#Cc1ccc(N2C3CCC2CN(C(=O)CCCCc2cccc4ncsc24)C3)nc1.N#Cc1ccc(N2C3CCC2CNC3)nc1.O=C(O)CCCCc1cccc2ncsc12. The van der Waals surface area contributed by atoms with Crippen LogP contribution in [0.1, 0.15) is 150 Å². The third-order valence-corrected chi connectivity index (χ3v) is 25.0. The van der Waals surface area contributed by atoms with E-state index in [4.69, 9.17) is 22.1 Å². The van der Waals surface area contributed by atoms with Crippen molar-refractivity contribution in [3.05, 3.63) is 193 Å². The molecular formula is C88H94BrN13O9S5. The van der Waals surface area contributed by atoms with Crippen molar-refractivity contribution in [2.75, 3.05) is 57.3 Å². The van der Waals surface area contributed by atoms with Crippen molar-refractivity contribution in [3.63, 3.8) is 0 Å². The molecular weight excluding hydrogens is 1620 g/mol. The Kier molecular flexibility index (Phi) is 36.5. The van der Waals surface area contributed by atoms with Gasteiger partial charge in [0.1, 0.15) is 23.8 Å². The third kappa shape index (κ3) is 26.2. The number of halogens is 1. The molecule has 1 amide bonds. The molecule has 4 aliphatic rings. The molecule has 0 saturated carbocycles. The molecule has 4 unspecified atom stereocenters. The van der Waals surface area contributed by atoms with E-state index in [2.05, 4.69) is 145 Å². The predicted octanol–water partition coefficient (Wildman–Crippen LogP) is 18.2. The second-order valence-corrected chi connectivity index (χ2v) is 32.3. The summed E-state index contributed by atoms with van der Waals surface area (Å²) in [4.78, 5) is 92.4. The molecule has 602 valence electrons. The topological polar surface area (TPSA) is 293 Å². The van der Waals surface area contributed by atoms with Crippen molar-refractivity contribution in [2.45, 2.75) is 160 Å². The number of ether oxygens (including phenoxy) is 3. The zero-order valence-electron chi connectivity index (χ0n) is 64.4.